The molecule has 1 aromatic carbocycles. The van der Waals surface area contributed by atoms with Crippen molar-refractivity contribution in [2.45, 2.75) is 25.2 Å². The Hall–Kier alpha value is -0.890. The van der Waals surface area contributed by atoms with Crippen molar-refractivity contribution in [2.75, 3.05) is 13.1 Å². The van der Waals surface area contributed by atoms with Crippen LogP contribution >= 0.6 is 0 Å². The zero-order chi connectivity index (χ0) is 10.3. The number of rotatable bonds is 1. The van der Waals surface area contributed by atoms with Crippen molar-refractivity contribution in [3.05, 3.63) is 35.6 Å². The second-order valence-corrected chi connectivity index (χ2v) is 4.95. The molecule has 1 aliphatic carbocycles. The van der Waals surface area contributed by atoms with Gasteiger partial charge in [-0.15, -0.1) is 0 Å². The molecule has 15 heavy (non-hydrogen) atoms. The van der Waals surface area contributed by atoms with Gasteiger partial charge in [0.2, 0.25) is 0 Å². The van der Waals surface area contributed by atoms with Crippen molar-refractivity contribution in [3.63, 3.8) is 0 Å². The summed E-state index contributed by atoms with van der Waals surface area (Å²) in [5.74, 6) is 0.427. The molecule has 0 amide bonds. The highest BCUT2D eigenvalue weighted by Crippen LogP contribution is 2.53. The molecule has 2 aliphatic rings. The van der Waals surface area contributed by atoms with E-state index in [9.17, 15) is 4.39 Å². The maximum absolute atomic E-state index is 13.2. The van der Waals surface area contributed by atoms with E-state index < -0.39 is 0 Å². The van der Waals surface area contributed by atoms with Gasteiger partial charge in [0.1, 0.15) is 5.82 Å². The lowest BCUT2D eigenvalue weighted by Crippen LogP contribution is -2.36. The second kappa shape index (κ2) is 3.31. The van der Waals surface area contributed by atoms with Gasteiger partial charge in [0.25, 0.3) is 0 Å². The third kappa shape index (κ3) is 1.39. The predicted molar refractivity (Wildman–Crippen MR) is 58.3 cm³/mol. The first-order valence-corrected chi connectivity index (χ1v) is 5.76. The van der Waals surface area contributed by atoms with E-state index in [1.807, 2.05) is 6.07 Å². The molecule has 1 aliphatic heterocycles. The minimum absolute atomic E-state index is 0.103. The van der Waals surface area contributed by atoms with Crippen molar-refractivity contribution >= 4 is 0 Å². The van der Waals surface area contributed by atoms with Crippen LogP contribution in [0, 0.1) is 11.2 Å². The van der Waals surface area contributed by atoms with Gasteiger partial charge >= 0.3 is 0 Å². The van der Waals surface area contributed by atoms with Gasteiger partial charge in [-0.05, 0) is 36.0 Å². The summed E-state index contributed by atoms with van der Waals surface area (Å²) in [4.78, 5) is 0. The van der Waals surface area contributed by atoms with Crippen molar-refractivity contribution in [3.8, 4) is 0 Å². The third-order valence-corrected chi connectivity index (χ3v) is 4.17. The first kappa shape index (κ1) is 9.34. The van der Waals surface area contributed by atoms with Crippen LogP contribution in [0.15, 0.2) is 24.3 Å². The van der Waals surface area contributed by atoms with Crippen molar-refractivity contribution in [1.82, 2.24) is 5.32 Å². The lowest BCUT2D eigenvalue weighted by atomic mass is 9.61. The molecule has 0 unspecified atom stereocenters. The summed E-state index contributed by atoms with van der Waals surface area (Å²) in [5.41, 5.74) is 1.63. The fraction of sp³-hybridized carbons (Fsp3) is 0.538. The summed E-state index contributed by atoms with van der Waals surface area (Å²) >= 11 is 0. The van der Waals surface area contributed by atoms with Crippen LogP contribution in [0.25, 0.3) is 0 Å². The minimum atomic E-state index is -0.103. The Morgan fingerprint density at radius 2 is 2.20 bits per heavy atom. The van der Waals surface area contributed by atoms with Gasteiger partial charge in [-0.3, -0.25) is 0 Å². The van der Waals surface area contributed by atoms with Crippen LogP contribution in [0.1, 0.15) is 30.7 Å². The average molecular weight is 205 g/mol. The number of nitrogens with one attached hydrogen (secondary N) is 1. The Balaban J connectivity index is 1.93. The van der Waals surface area contributed by atoms with Gasteiger partial charge in [-0.2, -0.15) is 0 Å². The zero-order valence-corrected chi connectivity index (χ0v) is 8.80. The van der Waals surface area contributed by atoms with Gasteiger partial charge in [0.15, 0.2) is 0 Å². The van der Waals surface area contributed by atoms with E-state index in [1.165, 1.54) is 30.9 Å². The molecule has 3 rings (SSSR count). The van der Waals surface area contributed by atoms with Gasteiger partial charge < -0.3 is 5.32 Å². The zero-order valence-electron chi connectivity index (χ0n) is 8.80. The molecule has 1 saturated carbocycles. The van der Waals surface area contributed by atoms with E-state index in [1.54, 1.807) is 6.07 Å². The summed E-state index contributed by atoms with van der Waals surface area (Å²) in [6.45, 7) is 2.14. The minimum Gasteiger partial charge on any atom is -0.316 e. The molecule has 1 saturated heterocycles. The van der Waals surface area contributed by atoms with Crippen LogP contribution in [0.5, 0.6) is 0 Å². The smallest absolute Gasteiger partial charge is 0.123 e. The van der Waals surface area contributed by atoms with Crippen LogP contribution in [-0.2, 0) is 0 Å². The normalized spacial score (nSPS) is 27.9. The van der Waals surface area contributed by atoms with E-state index >= 15 is 0 Å². The van der Waals surface area contributed by atoms with Crippen molar-refractivity contribution < 1.29 is 4.39 Å². The van der Waals surface area contributed by atoms with Gasteiger partial charge in [0.05, 0.1) is 0 Å². The fourth-order valence-electron chi connectivity index (χ4n) is 3.16. The molecule has 1 heterocycles. The van der Waals surface area contributed by atoms with E-state index in [-0.39, 0.29) is 5.82 Å². The molecule has 0 radical (unpaired) electrons. The van der Waals surface area contributed by atoms with Crippen LogP contribution < -0.4 is 5.32 Å². The molecule has 0 bridgehead atoms. The summed E-state index contributed by atoms with van der Waals surface area (Å²) in [6, 6.07) is 7.13. The van der Waals surface area contributed by atoms with Crippen LogP contribution in [0.4, 0.5) is 4.39 Å². The highest BCUT2D eigenvalue weighted by atomic mass is 19.1. The van der Waals surface area contributed by atoms with Crippen LogP contribution in [0.2, 0.25) is 0 Å². The SMILES string of the molecule is Fc1cccc([C@H]2CNCC23CCC3)c1. The lowest BCUT2D eigenvalue weighted by molar-refractivity contribution is 0.137. The molecular formula is C13H16FN. The molecular weight excluding hydrogens is 189 g/mol. The van der Waals surface area contributed by atoms with Gasteiger partial charge in [-0.1, -0.05) is 18.6 Å². The number of halogens is 1. The molecule has 1 nitrogen and oxygen atoms in total. The summed E-state index contributed by atoms with van der Waals surface area (Å²) < 4.78 is 13.2. The van der Waals surface area contributed by atoms with Crippen LogP contribution in [0.3, 0.4) is 0 Å². The number of benzene rings is 1. The predicted octanol–water partition coefficient (Wildman–Crippen LogP) is 2.68. The Morgan fingerprint density at radius 1 is 1.33 bits per heavy atom. The second-order valence-electron chi connectivity index (χ2n) is 4.95. The Labute approximate surface area is 89.7 Å². The maximum Gasteiger partial charge on any atom is 0.123 e. The largest absolute Gasteiger partial charge is 0.316 e. The Morgan fingerprint density at radius 3 is 2.87 bits per heavy atom. The fourth-order valence-corrected chi connectivity index (χ4v) is 3.16. The highest BCUT2D eigenvalue weighted by Gasteiger charge is 2.47. The number of hydrogen-bond donors (Lipinski definition) is 1. The van der Waals surface area contributed by atoms with Crippen molar-refractivity contribution in [2.24, 2.45) is 5.41 Å². The summed E-state index contributed by atoms with van der Waals surface area (Å²) in [7, 11) is 0. The number of hydrogen-bond acceptors (Lipinski definition) is 1. The maximum atomic E-state index is 13.2. The summed E-state index contributed by atoms with van der Waals surface area (Å²) in [6.07, 6.45) is 3.95. The van der Waals surface area contributed by atoms with Gasteiger partial charge in [-0.25, -0.2) is 4.39 Å². The van der Waals surface area contributed by atoms with Crippen molar-refractivity contribution in [1.29, 1.82) is 0 Å². The van der Waals surface area contributed by atoms with Crippen LogP contribution in [-0.4, -0.2) is 13.1 Å². The highest BCUT2D eigenvalue weighted by molar-refractivity contribution is 5.26. The topological polar surface area (TPSA) is 12.0 Å². The molecule has 1 N–H and O–H groups in total. The Kier molecular flexibility index (Phi) is 2.06. The molecule has 80 valence electrons. The lowest BCUT2D eigenvalue weighted by Gasteiger charge is -2.43. The quantitative estimate of drug-likeness (QED) is 0.743. The van der Waals surface area contributed by atoms with E-state index in [0.29, 0.717) is 11.3 Å². The molecule has 1 spiro atoms. The Bertz CT molecular complexity index is 371. The van der Waals surface area contributed by atoms with E-state index in [0.717, 1.165) is 13.1 Å². The molecule has 1 aromatic rings. The first-order valence-electron chi connectivity index (χ1n) is 5.76. The van der Waals surface area contributed by atoms with E-state index in [2.05, 4.69) is 11.4 Å². The average Bonchev–Trinajstić information content (AvgIpc) is 2.61. The molecule has 0 aromatic heterocycles. The summed E-state index contributed by atoms with van der Waals surface area (Å²) in [5, 5.41) is 3.46. The molecule has 2 fully saturated rings. The molecule has 2 heteroatoms. The standard InChI is InChI=1S/C13H16FN/c14-11-4-1-3-10(7-11)12-8-15-9-13(12)5-2-6-13/h1,3-4,7,12,15H,2,5-6,8-9H2/t12-/m1/s1. The van der Waals surface area contributed by atoms with Gasteiger partial charge in [0, 0.05) is 19.0 Å². The first-order chi connectivity index (χ1) is 7.30. The monoisotopic (exact) mass is 205 g/mol. The third-order valence-electron chi connectivity index (χ3n) is 4.17. The van der Waals surface area contributed by atoms with E-state index in [4.69, 9.17) is 0 Å². The molecule has 1 atom stereocenters.